The highest BCUT2D eigenvalue weighted by Crippen LogP contribution is 2.38. The molecule has 0 aromatic rings. The van der Waals surface area contributed by atoms with Crippen molar-refractivity contribution in [2.45, 2.75) is 187 Å². The topological polar surface area (TPSA) is 111 Å². The van der Waals surface area contributed by atoms with Crippen LogP contribution in [0.25, 0.3) is 0 Å². The van der Waals surface area contributed by atoms with Crippen LogP contribution in [0.4, 0.5) is 0 Å². The Kier molecular flexibility index (Phi) is 34.2. The largest absolute Gasteiger partial charge is 0.756 e. The van der Waals surface area contributed by atoms with E-state index in [0.717, 1.165) is 57.8 Å². The molecule has 9 nitrogen and oxygen atoms in total. The smallest absolute Gasteiger partial charge is 0.306 e. The van der Waals surface area contributed by atoms with Crippen LogP contribution in [-0.2, 0) is 32.7 Å². The molecule has 1 unspecified atom stereocenters. The van der Waals surface area contributed by atoms with Gasteiger partial charge in [-0.2, -0.15) is 0 Å². The van der Waals surface area contributed by atoms with E-state index in [1.54, 1.807) is 0 Å². The van der Waals surface area contributed by atoms with Crippen LogP contribution in [0, 0.1) is 0 Å². The second-order valence-corrected chi connectivity index (χ2v) is 16.8. The maximum Gasteiger partial charge on any atom is 0.306 e. The number of ether oxygens (including phenoxy) is 2. The number of hydrogen-bond donors (Lipinski definition) is 0. The number of phosphoric acid groups is 1. The normalized spacial score (nSPS) is 13.9. The molecule has 0 aliphatic rings. The third-order valence-electron chi connectivity index (χ3n) is 8.97. The number of carbonyl (C=O) groups is 2. The van der Waals surface area contributed by atoms with E-state index in [9.17, 15) is 19.0 Å². The van der Waals surface area contributed by atoms with E-state index in [2.05, 4.69) is 38.2 Å². The summed E-state index contributed by atoms with van der Waals surface area (Å²) in [6, 6.07) is 0. The van der Waals surface area contributed by atoms with Crippen molar-refractivity contribution in [3.63, 3.8) is 0 Å². The molecule has 52 heavy (non-hydrogen) atoms. The van der Waals surface area contributed by atoms with E-state index in [1.165, 1.54) is 83.5 Å². The molecular formula is C42H80NO8P. The molecule has 0 aromatic carbocycles. The zero-order chi connectivity index (χ0) is 38.6. The summed E-state index contributed by atoms with van der Waals surface area (Å²) in [4.78, 5) is 37.4. The summed E-state index contributed by atoms with van der Waals surface area (Å²) in [5.74, 6) is -0.846. The van der Waals surface area contributed by atoms with Gasteiger partial charge in [0.05, 0.1) is 27.7 Å². The Labute approximate surface area is 319 Å². The minimum absolute atomic E-state index is 0.0314. The van der Waals surface area contributed by atoms with Crippen LogP contribution in [0.1, 0.15) is 181 Å². The molecule has 0 saturated heterocycles. The van der Waals surface area contributed by atoms with Crippen LogP contribution in [-0.4, -0.2) is 70.0 Å². The van der Waals surface area contributed by atoms with Crippen molar-refractivity contribution in [3.05, 3.63) is 24.3 Å². The Hall–Kier alpha value is -1.51. The quantitative estimate of drug-likeness (QED) is 0.0201. The molecule has 2 atom stereocenters. The van der Waals surface area contributed by atoms with Crippen molar-refractivity contribution in [3.8, 4) is 0 Å². The number of hydrogen-bond acceptors (Lipinski definition) is 8. The third kappa shape index (κ3) is 38.2. The van der Waals surface area contributed by atoms with Gasteiger partial charge in [-0.3, -0.25) is 14.2 Å². The van der Waals surface area contributed by atoms with Gasteiger partial charge in [0.15, 0.2) is 6.10 Å². The zero-order valence-corrected chi connectivity index (χ0v) is 35.2. The minimum atomic E-state index is -4.62. The Balaban J connectivity index is 4.40. The van der Waals surface area contributed by atoms with Crippen LogP contribution >= 0.6 is 7.82 Å². The van der Waals surface area contributed by atoms with Crippen molar-refractivity contribution < 1.29 is 42.1 Å². The first-order valence-electron chi connectivity index (χ1n) is 21.0. The van der Waals surface area contributed by atoms with E-state index in [1.807, 2.05) is 21.1 Å². The van der Waals surface area contributed by atoms with E-state index >= 15 is 0 Å². The summed E-state index contributed by atoms with van der Waals surface area (Å²) < 4.78 is 33.8. The Morgan fingerprint density at radius 2 is 1.06 bits per heavy atom. The van der Waals surface area contributed by atoms with Crippen molar-refractivity contribution in [2.75, 3.05) is 47.5 Å². The first-order chi connectivity index (χ1) is 25.0. The number of esters is 2. The van der Waals surface area contributed by atoms with Gasteiger partial charge in [0, 0.05) is 12.8 Å². The molecule has 0 amide bonds. The molecule has 0 aromatic heterocycles. The molecule has 10 heteroatoms. The van der Waals surface area contributed by atoms with E-state index < -0.39 is 32.5 Å². The van der Waals surface area contributed by atoms with Gasteiger partial charge in [0.25, 0.3) is 7.82 Å². The first-order valence-corrected chi connectivity index (χ1v) is 22.5. The molecule has 0 spiro atoms. The van der Waals surface area contributed by atoms with Crippen LogP contribution in [0.15, 0.2) is 24.3 Å². The molecule has 0 heterocycles. The van der Waals surface area contributed by atoms with Crippen molar-refractivity contribution in [1.29, 1.82) is 0 Å². The third-order valence-corrected chi connectivity index (χ3v) is 9.94. The number of nitrogens with zero attached hydrogens (tertiary/aromatic N) is 1. The monoisotopic (exact) mass is 758 g/mol. The maximum atomic E-state index is 12.6. The summed E-state index contributed by atoms with van der Waals surface area (Å²) in [7, 11) is 1.16. The van der Waals surface area contributed by atoms with Gasteiger partial charge >= 0.3 is 11.9 Å². The standard InChI is InChI=1S/C42H80NO8P/c1-6-8-10-12-14-16-18-20-22-24-26-28-30-32-34-41(44)48-38-40(39-50-52(46,47)49-37-36-43(3,4)5)51-42(45)35-33-31-29-27-25-23-21-19-17-15-13-11-9-7-2/h12,14,18,20,40H,6-11,13,15-17,19,21-39H2,1-5H3/b14-12-,20-18-/t40-/m1/s1. The molecule has 0 radical (unpaired) electrons. The average molecular weight is 758 g/mol. The minimum Gasteiger partial charge on any atom is -0.756 e. The molecule has 0 aliphatic carbocycles. The predicted octanol–water partition coefficient (Wildman–Crippen LogP) is 10.9. The van der Waals surface area contributed by atoms with Gasteiger partial charge in [-0.15, -0.1) is 0 Å². The highest BCUT2D eigenvalue weighted by molar-refractivity contribution is 7.45. The molecular weight excluding hydrogens is 677 g/mol. The lowest BCUT2D eigenvalue weighted by atomic mass is 10.0. The fourth-order valence-electron chi connectivity index (χ4n) is 5.61. The fraction of sp³-hybridized carbons (Fsp3) is 0.857. The van der Waals surface area contributed by atoms with E-state index in [-0.39, 0.29) is 26.1 Å². The van der Waals surface area contributed by atoms with Gasteiger partial charge in [0.1, 0.15) is 19.8 Å². The maximum absolute atomic E-state index is 12.6. The lowest BCUT2D eigenvalue weighted by Crippen LogP contribution is -2.37. The first kappa shape index (κ1) is 50.5. The van der Waals surface area contributed by atoms with E-state index in [4.69, 9.17) is 18.5 Å². The lowest BCUT2D eigenvalue weighted by molar-refractivity contribution is -0.870. The van der Waals surface area contributed by atoms with Crippen LogP contribution in [0.2, 0.25) is 0 Å². The number of carbonyl (C=O) groups excluding carboxylic acids is 2. The lowest BCUT2D eigenvalue weighted by Gasteiger charge is -2.28. The van der Waals surface area contributed by atoms with Crippen molar-refractivity contribution >= 4 is 19.8 Å². The van der Waals surface area contributed by atoms with Gasteiger partial charge < -0.3 is 27.9 Å². The highest BCUT2D eigenvalue weighted by Gasteiger charge is 2.21. The van der Waals surface area contributed by atoms with E-state index in [0.29, 0.717) is 23.9 Å². The second-order valence-electron chi connectivity index (χ2n) is 15.4. The molecule has 0 fully saturated rings. The SMILES string of the molecule is CCCC/C=C\C/C=C\CCCCCCCC(=O)OC[C@H](COP(=O)([O-])OCC[N+](C)(C)C)OC(=O)CCCCCCCCCCCCCCCC. The highest BCUT2D eigenvalue weighted by atomic mass is 31.2. The van der Waals surface area contributed by atoms with Crippen molar-refractivity contribution in [1.82, 2.24) is 0 Å². The van der Waals surface area contributed by atoms with Crippen LogP contribution < -0.4 is 4.89 Å². The molecule has 0 aliphatic heterocycles. The number of unbranched alkanes of at least 4 members (excludes halogenated alkanes) is 20. The fourth-order valence-corrected chi connectivity index (χ4v) is 6.34. The average Bonchev–Trinajstić information content (AvgIpc) is 3.09. The van der Waals surface area contributed by atoms with Crippen LogP contribution in [0.5, 0.6) is 0 Å². The van der Waals surface area contributed by atoms with Gasteiger partial charge in [-0.1, -0.05) is 154 Å². The molecule has 0 saturated carbocycles. The molecule has 0 N–H and O–H groups in total. The second kappa shape index (κ2) is 35.2. The molecule has 0 rings (SSSR count). The number of likely N-dealkylation sites (N-methyl/N-ethyl adjacent to an activating group) is 1. The van der Waals surface area contributed by atoms with Crippen LogP contribution in [0.3, 0.4) is 0 Å². The number of allylic oxidation sites excluding steroid dienone is 4. The number of rotatable bonds is 38. The Morgan fingerprint density at radius 1 is 0.596 bits per heavy atom. The summed E-state index contributed by atoms with van der Waals surface area (Å²) >= 11 is 0. The number of phosphoric ester groups is 1. The summed E-state index contributed by atoms with van der Waals surface area (Å²) in [5.41, 5.74) is 0. The predicted molar refractivity (Wildman–Crippen MR) is 213 cm³/mol. The van der Waals surface area contributed by atoms with Crippen molar-refractivity contribution in [2.24, 2.45) is 0 Å². The Morgan fingerprint density at radius 3 is 1.58 bits per heavy atom. The Bertz CT molecular complexity index is 949. The summed E-state index contributed by atoms with van der Waals surface area (Å²) in [5, 5.41) is 0. The zero-order valence-electron chi connectivity index (χ0n) is 34.3. The molecule has 0 bridgehead atoms. The summed E-state index contributed by atoms with van der Waals surface area (Å²) in [6.45, 7) is 4.17. The summed E-state index contributed by atoms with van der Waals surface area (Å²) in [6.07, 6.45) is 36.2. The molecule has 306 valence electrons. The van der Waals surface area contributed by atoms with Gasteiger partial charge in [-0.05, 0) is 38.5 Å². The van der Waals surface area contributed by atoms with Gasteiger partial charge in [-0.25, -0.2) is 0 Å². The number of quaternary nitrogens is 1. The van der Waals surface area contributed by atoms with Gasteiger partial charge in [0.2, 0.25) is 0 Å².